The smallest absolute Gasteiger partial charge is 0.225 e. The zero-order valence-electron chi connectivity index (χ0n) is 19.7. The molecule has 0 aliphatic carbocycles. The predicted octanol–water partition coefficient (Wildman–Crippen LogP) is 3.48. The Kier molecular flexibility index (Phi) is 6.88. The lowest BCUT2D eigenvalue weighted by Crippen LogP contribution is -2.45. The van der Waals surface area contributed by atoms with Crippen molar-refractivity contribution in [2.24, 2.45) is 5.92 Å². The van der Waals surface area contributed by atoms with Gasteiger partial charge in [0.05, 0.1) is 11.0 Å². The van der Waals surface area contributed by atoms with Crippen LogP contribution in [0.3, 0.4) is 0 Å². The third kappa shape index (κ3) is 4.97. The van der Waals surface area contributed by atoms with Crippen molar-refractivity contribution in [2.45, 2.75) is 43.4 Å². The van der Waals surface area contributed by atoms with Crippen LogP contribution in [0, 0.1) is 17.6 Å². The Balaban J connectivity index is 1.18. The number of nitrogen functional groups attached to an aromatic ring is 1. The van der Waals surface area contributed by atoms with Gasteiger partial charge in [-0.25, -0.2) is 23.7 Å². The van der Waals surface area contributed by atoms with Crippen molar-refractivity contribution in [1.82, 2.24) is 29.3 Å². The van der Waals surface area contributed by atoms with E-state index in [4.69, 9.17) is 5.73 Å². The number of anilines is 1. The third-order valence-electron chi connectivity index (χ3n) is 7.09. The van der Waals surface area contributed by atoms with Gasteiger partial charge < -0.3 is 15.2 Å². The van der Waals surface area contributed by atoms with Crippen LogP contribution in [0.2, 0.25) is 0 Å². The van der Waals surface area contributed by atoms with Gasteiger partial charge in [0.25, 0.3) is 0 Å². The lowest BCUT2D eigenvalue weighted by molar-refractivity contribution is -0.138. The molecule has 2 aliphatic rings. The van der Waals surface area contributed by atoms with Gasteiger partial charge in [-0.15, -0.1) is 0 Å². The maximum Gasteiger partial charge on any atom is 0.225 e. The van der Waals surface area contributed by atoms with Gasteiger partial charge in [0.2, 0.25) is 11.9 Å². The number of amides is 1. The number of carbonyl (C=O) groups excluding carboxylic acids is 1. The van der Waals surface area contributed by atoms with Crippen molar-refractivity contribution in [1.29, 1.82) is 0 Å². The second-order valence-corrected chi connectivity index (χ2v) is 10.1. The zero-order chi connectivity index (χ0) is 24.5. The number of likely N-dealkylation sites (tertiary alicyclic amines) is 2. The van der Waals surface area contributed by atoms with Crippen molar-refractivity contribution in [3.05, 3.63) is 41.7 Å². The number of aromatic nitrogens is 4. The van der Waals surface area contributed by atoms with E-state index < -0.39 is 11.6 Å². The van der Waals surface area contributed by atoms with Crippen LogP contribution >= 0.6 is 11.8 Å². The first-order valence-electron chi connectivity index (χ1n) is 11.9. The number of nitrogens with zero attached hydrogens (tertiary/aromatic N) is 6. The first-order valence-corrected chi connectivity index (χ1v) is 13.1. The highest BCUT2D eigenvalue weighted by Crippen LogP contribution is 2.34. The molecule has 1 amide bonds. The van der Waals surface area contributed by atoms with Crippen molar-refractivity contribution in [3.8, 4) is 0 Å². The molecule has 1 aromatic carbocycles. The first-order chi connectivity index (χ1) is 16.9. The SMILES string of the molecule is CSc1nc2cc(F)c(F)cc2n1C1CCN(C(=O)C2CCN(Cc3cnc(N)nc3)CC2)CC1. The highest BCUT2D eigenvalue weighted by Gasteiger charge is 2.32. The van der Waals surface area contributed by atoms with E-state index in [1.807, 2.05) is 15.7 Å². The average Bonchev–Trinajstić information content (AvgIpc) is 3.23. The second-order valence-electron chi connectivity index (χ2n) is 9.28. The summed E-state index contributed by atoms with van der Waals surface area (Å²) in [5.41, 5.74) is 7.65. The fourth-order valence-corrected chi connectivity index (χ4v) is 5.84. The molecular weight excluding hydrogens is 472 g/mol. The first kappa shape index (κ1) is 23.9. The van der Waals surface area contributed by atoms with E-state index >= 15 is 0 Å². The van der Waals surface area contributed by atoms with Crippen molar-refractivity contribution < 1.29 is 13.6 Å². The average molecular weight is 502 g/mol. The minimum Gasteiger partial charge on any atom is -0.368 e. The number of thioether (sulfide) groups is 1. The highest BCUT2D eigenvalue weighted by molar-refractivity contribution is 7.98. The summed E-state index contributed by atoms with van der Waals surface area (Å²) in [6, 6.07) is 2.49. The van der Waals surface area contributed by atoms with E-state index in [0.717, 1.165) is 62.1 Å². The molecule has 2 aliphatic heterocycles. The minimum atomic E-state index is -0.886. The molecule has 3 aromatic rings. The molecule has 0 atom stereocenters. The maximum absolute atomic E-state index is 14.0. The Morgan fingerprint density at radius 1 is 1.06 bits per heavy atom. The van der Waals surface area contributed by atoms with Gasteiger partial charge in [0, 0.05) is 61.7 Å². The largest absolute Gasteiger partial charge is 0.368 e. The fourth-order valence-electron chi connectivity index (χ4n) is 5.21. The standard InChI is InChI=1S/C24H29F2N7OS/c1-35-24-30-20-10-18(25)19(26)11-21(20)33(24)17-4-8-32(9-5-17)22(34)16-2-6-31(7-3-16)14-15-12-28-23(27)29-13-15/h10-13,16-17H,2-9,14H2,1H3,(H2,27,28,29). The molecule has 0 saturated carbocycles. The lowest BCUT2D eigenvalue weighted by atomic mass is 9.93. The monoisotopic (exact) mass is 501 g/mol. The molecule has 4 heterocycles. The molecule has 5 rings (SSSR count). The van der Waals surface area contributed by atoms with Crippen LogP contribution in [0.25, 0.3) is 11.0 Å². The number of nitrogens with two attached hydrogens (primary N) is 1. The number of piperidine rings is 2. The van der Waals surface area contributed by atoms with Gasteiger partial charge >= 0.3 is 0 Å². The zero-order valence-corrected chi connectivity index (χ0v) is 20.5. The van der Waals surface area contributed by atoms with Gasteiger partial charge in [-0.05, 0) is 45.0 Å². The van der Waals surface area contributed by atoms with E-state index in [0.29, 0.717) is 24.1 Å². The molecule has 11 heteroatoms. The van der Waals surface area contributed by atoms with Crippen LogP contribution in [-0.4, -0.2) is 67.7 Å². The van der Waals surface area contributed by atoms with Gasteiger partial charge in [0.1, 0.15) is 0 Å². The molecule has 2 fully saturated rings. The van der Waals surface area contributed by atoms with Crippen LogP contribution in [0.15, 0.2) is 29.7 Å². The quantitative estimate of drug-likeness (QED) is 0.535. The van der Waals surface area contributed by atoms with E-state index in [9.17, 15) is 13.6 Å². The summed E-state index contributed by atoms with van der Waals surface area (Å²) in [6.45, 7) is 3.79. The second kappa shape index (κ2) is 10.1. The van der Waals surface area contributed by atoms with Gasteiger partial charge in [0.15, 0.2) is 16.8 Å². The molecule has 2 aromatic heterocycles. The van der Waals surface area contributed by atoms with Crippen LogP contribution in [0.4, 0.5) is 14.7 Å². The van der Waals surface area contributed by atoms with E-state index in [1.165, 1.54) is 17.8 Å². The fraction of sp³-hybridized carbons (Fsp3) is 0.500. The maximum atomic E-state index is 14.0. The Bertz CT molecular complexity index is 1200. The molecule has 2 N–H and O–H groups in total. The van der Waals surface area contributed by atoms with E-state index in [1.54, 1.807) is 12.4 Å². The number of fused-ring (bicyclic) bond motifs is 1. The number of halogens is 2. The number of carbonyl (C=O) groups is 1. The van der Waals surface area contributed by atoms with Crippen LogP contribution in [-0.2, 0) is 11.3 Å². The van der Waals surface area contributed by atoms with Gasteiger partial charge in [-0.2, -0.15) is 0 Å². The summed E-state index contributed by atoms with van der Waals surface area (Å²) in [4.78, 5) is 30.1. The molecule has 8 nitrogen and oxygen atoms in total. The molecular formula is C24H29F2N7OS. The molecule has 0 bridgehead atoms. The summed E-state index contributed by atoms with van der Waals surface area (Å²) in [5, 5.41) is 0.744. The minimum absolute atomic E-state index is 0.0402. The van der Waals surface area contributed by atoms with Crippen LogP contribution in [0.5, 0.6) is 0 Å². The molecule has 0 radical (unpaired) electrons. The van der Waals surface area contributed by atoms with Crippen molar-refractivity contribution in [2.75, 3.05) is 38.2 Å². The summed E-state index contributed by atoms with van der Waals surface area (Å²) in [6.07, 6.45) is 8.61. The van der Waals surface area contributed by atoms with E-state index in [-0.39, 0.29) is 23.8 Å². The number of hydrogen-bond acceptors (Lipinski definition) is 7. The van der Waals surface area contributed by atoms with Gasteiger partial charge in [-0.3, -0.25) is 9.69 Å². The van der Waals surface area contributed by atoms with Crippen LogP contribution in [0.1, 0.15) is 37.3 Å². The Morgan fingerprint density at radius 2 is 1.71 bits per heavy atom. The molecule has 186 valence electrons. The summed E-state index contributed by atoms with van der Waals surface area (Å²) in [7, 11) is 0. The molecule has 35 heavy (non-hydrogen) atoms. The number of rotatable bonds is 5. The Morgan fingerprint density at radius 3 is 2.37 bits per heavy atom. The van der Waals surface area contributed by atoms with Gasteiger partial charge in [-0.1, -0.05) is 11.8 Å². The normalized spacial score (nSPS) is 18.4. The summed E-state index contributed by atoms with van der Waals surface area (Å²) >= 11 is 1.47. The topological polar surface area (TPSA) is 93.2 Å². The van der Waals surface area contributed by atoms with Crippen molar-refractivity contribution in [3.63, 3.8) is 0 Å². The number of hydrogen-bond donors (Lipinski definition) is 1. The Labute approximate surface area is 206 Å². The van der Waals surface area contributed by atoms with E-state index in [2.05, 4.69) is 19.9 Å². The molecule has 0 spiro atoms. The highest BCUT2D eigenvalue weighted by atomic mass is 32.2. The lowest BCUT2D eigenvalue weighted by Gasteiger charge is -2.38. The number of imidazole rings is 1. The Hall–Kier alpha value is -2.79. The predicted molar refractivity (Wildman–Crippen MR) is 131 cm³/mol. The summed E-state index contributed by atoms with van der Waals surface area (Å²) in [5.74, 6) is -1.21. The molecule has 0 unspecified atom stereocenters. The van der Waals surface area contributed by atoms with Crippen molar-refractivity contribution >= 4 is 34.7 Å². The van der Waals surface area contributed by atoms with Crippen LogP contribution < -0.4 is 5.73 Å². The summed E-state index contributed by atoms with van der Waals surface area (Å²) < 4.78 is 29.7. The third-order valence-corrected chi connectivity index (χ3v) is 7.74. The number of benzene rings is 1. The molecule has 2 saturated heterocycles.